The van der Waals surface area contributed by atoms with Crippen molar-refractivity contribution in [2.75, 3.05) is 13.1 Å². The Kier molecular flexibility index (Phi) is 3.94. The van der Waals surface area contributed by atoms with E-state index in [1.54, 1.807) is 0 Å². The number of hydrogen-bond acceptors (Lipinski definition) is 4. The van der Waals surface area contributed by atoms with Gasteiger partial charge < -0.3 is 4.42 Å². The Bertz CT molecular complexity index is 912. The lowest BCUT2D eigenvalue weighted by Gasteiger charge is -2.32. The Morgan fingerprint density at radius 1 is 1.21 bits per heavy atom. The van der Waals surface area contributed by atoms with E-state index < -0.39 is 0 Å². The molecule has 5 heteroatoms. The zero-order valence-electron chi connectivity index (χ0n) is 13.8. The number of benzene rings is 1. The highest BCUT2D eigenvalue weighted by Crippen LogP contribution is 2.25. The Morgan fingerprint density at radius 2 is 2.08 bits per heavy atom. The lowest BCUT2D eigenvalue weighted by atomic mass is 10.0. The predicted molar refractivity (Wildman–Crippen MR) is 93.0 cm³/mol. The number of aryl methyl sites for hydroxylation is 1. The van der Waals surface area contributed by atoms with Crippen molar-refractivity contribution < 1.29 is 4.42 Å². The minimum absolute atomic E-state index is 0.153. The molecular weight excluding hydrogens is 302 g/mol. The quantitative estimate of drug-likeness (QED) is 0.743. The van der Waals surface area contributed by atoms with Gasteiger partial charge in [0.25, 0.3) is 0 Å². The molecule has 5 nitrogen and oxygen atoms in total. The zero-order chi connectivity index (χ0) is 16.5. The topological polar surface area (TPSA) is 51.3 Å². The number of fused-ring (bicyclic) bond motifs is 1. The van der Waals surface area contributed by atoms with Gasteiger partial charge in [-0.25, -0.2) is 4.79 Å². The van der Waals surface area contributed by atoms with Crippen molar-refractivity contribution >= 4 is 11.1 Å². The predicted octanol–water partition coefficient (Wildman–Crippen LogP) is 3.14. The second kappa shape index (κ2) is 6.24. The van der Waals surface area contributed by atoms with Gasteiger partial charge in [-0.2, -0.15) is 0 Å². The normalized spacial score (nSPS) is 19.0. The van der Waals surface area contributed by atoms with Crippen molar-refractivity contribution in [1.82, 2.24) is 14.5 Å². The minimum atomic E-state index is -0.253. The number of hydrogen-bond donors (Lipinski definition) is 0. The van der Waals surface area contributed by atoms with Gasteiger partial charge in [-0.05, 0) is 50.6 Å². The lowest BCUT2D eigenvalue weighted by Crippen LogP contribution is -2.38. The Labute approximate surface area is 140 Å². The highest BCUT2D eigenvalue weighted by Gasteiger charge is 2.25. The summed E-state index contributed by atoms with van der Waals surface area (Å²) < 4.78 is 7.22. The molecule has 0 radical (unpaired) electrons. The highest BCUT2D eigenvalue weighted by molar-refractivity contribution is 5.72. The second-order valence-corrected chi connectivity index (χ2v) is 6.51. The first kappa shape index (κ1) is 15.1. The summed E-state index contributed by atoms with van der Waals surface area (Å²) in [4.78, 5) is 19.3. The molecule has 0 bridgehead atoms. The van der Waals surface area contributed by atoms with Crippen LogP contribution in [0.3, 0.4) is 0 Å². The number of piperidine rings is 1. The maximum atomic E-state index is 12.3. The molecule has 1 aromatic carbocycles. The van der Waals surface area contributed by atoms with E-state index in [1.807, 2.05) is 47.9 Å². The van der Waals surface area contributed by atoms with E-state index >= 15 is 0 Å². The van der Waals surface area contributed by atoms with Crippen molar-refractivity contribution in [1.29, 1.82) is 0 Å². The van der Waals surface area contributed by atoms with Gasteiger partial charge in [0.1, 0.15) is 0 Å². The van der Waals surface area contributed by atoms with Crippen LogP contribution >= 0.6 is 0 Å². The molecule has 0 spiro atoms. The maximum absolute atomic E-state index is 12.3. The van der Waals surface area contributed by atoms with Crippen molar-refractivity contribution in [2.45, 2.75) is 32.4 Å². The van der Waals surface area contributed by atoms with E-state index in [4.69, 9.17) is 4.42 Å². The third-order valence-electron chi connectivity index (χ3n) is 4.70. The molecule has 1 saturated heterocycles. The van der Waals surface area contributed by atoms with E-state index in [2.05, 4.69) is 16.0 Å². The molecule has 0 N–H and O–H groups in total. The summed E-state index contributed by atoms with van der Waals surface area (Å²) in [6.07, 6.45) is 2.07. The van der Waals surface area contributed by atoms with Gasteiger partial charge in [-0.1, -0.05) is 18.2 Å². The monoisotopic (exact) mass is 323 g/mol. The van der Waals surface area contributed by atoms with E-state index in [0.717, 1.165) is 49.4 Å². The first-order valence-electron chi connectivity index (χ1n) is 8.46. The average molecular weight is 323 g/mol. The molecule has 3 aromatic rings. The fraction of sp³-hybridized carbons (Fsp3) is 0.368. The van der Waals surface area contributed by atoms with Crippen LogP contribution < -0.4 is 5.76 Å². The van der Waals surface area contributed by atoms with Crippen molar-refractivity contribution in [3.8, 4) is 0 Å². The molecule has 0 unspecified atom stereocenters. The van der Waals surface area contributed by atoms with Gasteiger partial charge in [0.05, 0.1) is 17.3 Å². The Hall–Kier alpha value is -2.40. The number of para-hydroxylation sites is 2. The summed E-state index contributed by atoms with van der Waals surface area (Å²) in [5.74, 6) is -0.253. The number of oxazole rings is 1. The second-order valence-electron chi connectivity index (χ2n) is 6.51. The molecule has 1 aliphatic heterocycles. The molecule has 2 aromatic heterocycles. The van der Waals surface area contributed by atoms with Crippen molar-refractivity contribution in [3.05, 3.63) is 64.4 Å². The maximum Gasteiger partial charge on any atom is 0.420 e. The molecule has 0 saturated carbocycles. The molecule has 1 aliphatic rings. The van der Waals surface area contributed by atoms with Gasteiger partial charge in [-0.3, -0.25) is 14.5 Å². The zero-order valence-corrected chi connectivity index (χ0v) is 13.8. The highest BCUT2D eigenvalue weighted by atomic mass is 16.4. The molecule has 1 fully saturated rings. The molecular formula is C19H21N3O2. The Morgan fingerprint density at radius 3 is 2.96 bits per heavy atom. The largest absolute Gasteiger partial charge is 0.420 e. The summed E-state index contributed by atoms with van der Waals surface area (Å²) in [5, 5.41) is 0. The SMILES string of the molecule is Cc1cccc(CN2CCC[C@@H](n3c(=O)oc4ccccc43)C2)n1. The molecule has 1 atom stereocenters. The Balaban J connectivity index is 1.58. The lowest BCUT2D eigenvalue weighted by molar-refractivity contribution is 0.166. The van der Waals surface area contributed by atoms with Gasteiger partial charge in [0.2, 0.25) is 0 Å². The molecule has 124 valence electrons. The molecule has 3 heterocycles. The molecule has 0 aliphatic carbocycles. The number of likely N-dealkylation sites (tertiary alicyclic amines) is 1. The van der Waals surface area contributed by atoms with Crippen molar-refractivity contribution in [3.63, 3.8) is 0 Å². The minimum Gasteiger partial charge on any atom is -0.408 e. The van der Waals surface area contributed by atoms with E-state index in [0.29, 0.717) is 5.58 Å². The summed E-state index contributed by atoms with van der Waals surface area (Å²) in [6.45, 7) is 4.72. The fourth-order valence-corrected chi connectivity index (χ4v) is 3.63. The number of aromatic nitrogens is 2. The van der Waals surface area contributed by atoms with Crippen LogP contribution in [-0.2, 0) is 6.54 Å². The number of rotatable bonds is 3. The number of pyridine rings is 1. The average Bonchev–Trinajstić information content (AvgIpc) is 2.91. The van der Waals surface area contributed by atoms with Crippen LogP contribution in [0.25, 0.3) is 11.1 Å². The third-order valence-corrected chi connectivity index (χ3v) is 4.70. The van der Waals surface area contributed by atoms with E-state index in [1.165, 1.54) is 0 Å². The molecule has 0 amide bonds. The van der Waals surface area contributed by atoms with Crippen molar-refractivity contribution in [2.24, 2.45) is 0 Å². The summed E-state index contributed by atoms with van der Waals surface area (Å²) in [6, 6.07) is 13.9. The summed E-state index contributed by atoms with van der Waals surface area (Å²) in [7, 11) is 0. The summed E-state index contributed by atoms with van der Waals surface area (Å²) in [5.41, 5.74) is 3.68. The van der Waals surface area contributed by atoms with Gasteiger partial charge in [0.15, 0.2) is 5.58 Å². The molecule has 4 rings (SSSR count). The molecule has 24 heavy (non-hydrogen) atoms. The summed E-state index contributed by atoms with van der Waals surface area (Å²) >= 11 is 0. The van der Waals surface area contributed by atoms with Crippen LogP contribution in [-0.4, -0.2) is 27.5 Å². The third kappa shape index (κ3) is 2.87. The first-order chi connectivity index (χ1) is 11.7. The van der Waals surface area contributed by atoms with Gasteiger partial charge >= 0.3 is 5.76 Å². The van der Waals surface area contributed by atoms with E-state index in [9.17, 15) is 4.79 Å². The van der Waals surface area contributed by atoms with Gasteiger partial charge in [-0.15, -0.1) is 0 Å². The van der Waals surface area contributed by atoms with Crippen LogP contribution in [0.1, 0.15) is 30.3 Å². The smallest absolute Gasteiger partial charge is 0.408 e. The van der Waals surface area contributed by atoms with Gasteiger partial charge in [0, 0.05) is 18.8 Å². The fourth-order valence-electron chi connectivity index (χ4n) is 3.63. The van der Waals surface area contributed by atoms with Crippen LogP contribution in [0.4, 0.5) is 0 Å². The standard InChI is InChI=1S/C19H21N3O2/c1-14-6-4-7-15(20-14)12-21-11-5-8-16(13-21)22-17-9-2-3-10-18(17)24-19(22)23/h2-4,6-7,9-10,16H,5,8,11-13H2,1H3/t16-/m1/s1. The van der Waals surface area contributed by atoms with E-state index in [-0.39, 0.29) is 11.8 Å². The number of nitrogens with zero attached hydrogens (tertiary/aromatic N) is 3. The van der Waals surface area contributed by atoms with Crippen LogP contribution in [0.15, 0.2) is 51.7 Å². The van der Waals surface area contributed by atoms with Crippen LogP contribution in [0, 0.1) is 6.92 Å². The first-order valence-corrected chi connectivity index (χ1v) is 8.46. The van der Waals surface area contributed by atoms with Crippen LogP contribution in [0.2, 0.25) is 0 Å². The van der Waals surface area contributed by atoms with Crippen LogP contribution in [0.5, 0.6) is 0 Å².